The second-order valence-electron chi connectivity index (χ2n) is 7.61. The normalized spacial score (nSPS) is 12.2. The van der Waals surface area contributed by atoms with Gasteiger partial charge in [0.15, 0.2) is 11.2 Å². The summed E-state index contributed by atoms with van der Waals surface area (Å²) in [4.78, 5) is 30.1. The molecule has 0 spiro atoms. The lowest BCUT2D eigenvalue weighted by atomic mass is 10.1. The smallest absolute Gasteiger partial charge is 0.332 e. The first kappa shape index (κ1) is 22.0. The van der Waals surface area contributed by atoms with Crippen LogP contribution in [0, 0.1) is 6.92 Å². The van der Waals surface area contributed by atoms with E-state index in [-0.39, 0.29) is 42.4 Å². The molecule has 0 fully saturated rings. The van der Waals surface area contributed by atoms with Gasteiger partial charge in [-0.15, -0.1) is 0 Å². The van der Waals surface area contributed by atoms with Crippen LogP contribution in [0.15, 0.2) is 39.0 Å². The van der Waals surface area contributed by atoms with E-state index in [1.807, 2.05) is 31.2 Å². The molecule has 0 radical (unpaired) electrons. The van der Waals surface area contributed by atoms with Crippen LogP contribution in [-0.4, -0.2) is 44.1 Å². The molecule has 0 bridgehead atoms. The van der Waals surface area contributed by atoms with E-state index in [0.29, 0.717) is 0 Å². The zero-order valence-electron chi connectivity index (χ0n) is 17.5. The third-order valence-corrected chi connectivity index (χ3v) is 7.14. The van der Waals surface area contributed by atoms with E-state index in [1.54, 1.807) is 13.8 Å². The van der Waals surface area contributed by atoms with E-state index in [0.717, 1.165) is 15.7 Å². The lowest BCUT2D eigenvalue weighted by molar-refractivity contribution is 0.277. The van der Waals surface area contributed by atoms with Gasteiger partial charge in [-0.3, -0.25) is 13.9 Å². The monoisotopic (exact) mass is 434 g/mol. The van der Waals surface area contributed by atoms with E-state index in [2.05, 4.69) is 4.98 Å². The number of aromatic nitrogens is 4. The van der Waals surface area contributed by atoms with Crippen LogP contribution in [0.25, 0.3) is 11.2 Å². The molecule has 10 heteroatoms. The number of aliphatic hydroxyl groups excluding tert-OH is 1. The van der Waals surface area contributed by atoms with Gasteiger partial charge in [0, 0.05) is 20.2 Å². The fourth-order valence-corrected chi connectivity index (χ4v) is 4.33. The van der Waals surface area contributed by atoms with Gasteiger partial charge in [-0.25, -0.2) is 13.2 Å². The van der Waals surface area contributed by atoms with Crippen LogP contribution in [0.4, 0.5) is 0 Å². The molecule has 0 unspecified atom stereocenters. The van der Waals surface area contributed by atoms with Crippen molar-refractivity contribution >= 4 is 21.0 Å². The van der Waals surface area contributed by atoms with Gasteiger partial charge in [-0.2, -0.15) is 4.98 Å². The van der Waals surface area contributed by atoms with Gasteiger partial charge in [0.25, 0.3) is 5.56 Å². The van der Waals surface area contributed by atoms with Crippen molar-refractivity contribution in [1.29, 1.82) is 0 Å². The number of nitrogens with zero attached hydrogens (tertiary/aromatic N) is 4. The first-order chi connectivity index (χ1) is 14.1. The highest BCUT2D eigenvalue weighted by Crippen LogP contribution is 2.21. The van der Waals surface area contributed by atoms with E-state index in [1.165, 1.54) is 16.2 Å². The number of hydrogen-bond donors (Lipinski definition) is 1. The van der Waals surface area contributed by atoms with E-state index in [9.17, 15) is 18.0 Å². The number of hydrogen-bond acceptors (Lipinski definition) is 6. The maximum atomic E-state index is 13.2. The third-order valence-electron chi connectivity index (χ3n) is 5.07. The molecule has 0 amide bonds. The molecular formula is C20H26N4O5S. The first-order valence-electron chi connectivity index (χ1n) is 9.70. The van der Waals surface area contributed by atoms with Crippen LogP contribution in [0.5, 0.6) is 0 Å². The molecule has 1 aromatic carbocycles. The molecule has 0 saturated heterocycles. The molecule has 2 aromatic heterocycles. The summed E-state index contributed by atoms with van der Waals surface area (Å²) < 4.78 is 29.6. The Morgan fingerprint density at radius 3 is 2.30 bits per heavy atom. The summed E-state index contributed by atoms with van der Waals surface area (Å²) in [6, 6.07) is 7.53. The molecule has 0 aliphatic rings. The highest BCUT2D eigenvalue weighted by atomic mass is 32.2. The molecule has 0 saturated carbocycles. The molecule has 0 aliphatic carbocycles. The molecule has 3 aromatic rings. The lowest BCUT2D eigenvalue weighted by Gasteiger charge is -2.12. The molecule has 0 aliphatic heterocycles. The summed E-state index contributed by atoms with van der Waals surface area (Å²) >= 11 is 0. The van der Waals surface area contributed by atoms with Crippen LogP contribution >= 0.6 is 0 Å². The standard InChI is InChI=1S/C20H26N4O5S/c1-13(2)30(28,29)19-21-17-16(24(19)12-15-8-6-14(3)7-9-15)18(26)23(10-5-11-25)20(27)22(17)4/h6-9,13,25H,5,10-12H2,1-4H3. The molecule has 162 valence electrons. The van der Waals surface area contributed by atoms with Crippen LogP contribution in [0.3, 0.4) is 0 Å². The van der Waals surface area contributed by atoms with Crippen molar-refractivity contribution in [3.63, 3.8) is 0 Å². The molecule has 9 nitrogen and oxygen atoms in total. The zero-order valence-corrected chi connectivity index (χ0v) is 18.3. The summed E-state index contributed by atoms with van der Waals surface area (Å²) in [5.74, 6) is 0. The molecule has 1 N–H and O–H groups in total. The van der Waals surface area contributed by atoms with E-state index >= 15 is 0 Å². The Morgan fingerprint density at radius 2 is 1.73 bits per heavy atom. The number of aryl methyl sites for hydroxylation is 2. The Bertz CT molecular complexity index is 1300. The maximum absolute atomic E-state index is 13.2. The van der Waals surface area contributed by atoms with Crippen LogP contribution in [0.1, 0.15) is 31.4 Å². The van der Waals surface area contributed by atoms with Crippen molar-refractivity contribution in [1.82, 2.24) is 18.7 Å². The number of benzene rings is 1. The molecular weight excluding hydrogens is 408 g/mol. The van der Waals surface area contributed by atoms with Gasteiger partial charge in [0.1, 0.15) is 0 Å². The number of aliphatic hydroxyl groups is 1. The quantitative estimate of drug-likeness (QED) is 0.588. The predicted octanol–water partition coefficient (Wildman–Crippen LogP) is 0.818. The average Bonchev–Trinajstić information content (AvgIpc) is 3.08. The Balaban J connectivity index is 2.39. The minimum absolute atomic E-state index is 0.0246. The second kappa shape index (κ2) is 8.19. The number of sulfone groups is 1. The van der Waals surface area contributed by atoms with Gasteiger partial charge in [-0.05, 0) is 32.8 Å². The van der Waals surface area contributed by atoms with Gasteiger partial charge in [0.2, 0.25) is 15.0 Å². The van der Waals surface area contributed by atoms with Gasteiger partial charge in [0.05, 0.1) is 11.8 Å². The summed E-state index contributed by atoms with van der Waals surface area (Å²) in [6.07, 6.45) is 0.226. The fourth-order valence-electron chi connectivity index (χ4n) is 3.23. The predicted molar refractivity (Wildman–Crippen MR) is 114 cm³/mol. The molecule has 3 rings (SSSR count). The van der Waals surface area contributed by atoms with E-state index < -0.39 is 26.3 Å². The highest BCUT2D eigenvalue weighted by Gasteiger charge is 2.30. The molecule has 0 atom stereocenters. The van der Waals surface area contributed by atoms with Gasteiger partial charge >= 0.3 is 5.69 Å². The average molecular weight is 435 g/mol. The zero-order chi connectivity index (χ0) is 22.2. The van der Waals surface area contributed by atoms with Crippen LogP contribution < -0.4 is 11.2 Å². The summed E-state index contributed by atoms with van der Waals surface area (Å²) in [5, 5.41) is 8.13. The Hall–Kier alpha value is -2.72. The van der Waals surface area contributed by atoms with Gasteiger partial charge in [-0.1, -0.05) is 29.8 Å². The summed E-state index contributed by atoms with van der Waals surface area (Å²) in [7, 11) is -2.37. The number of fused-ring (bicyclic) bond motifs is 1. The maximum Gasteiger partial charge on any atom is 0.332 e. The van der Waals surface area contributed by atoms with E-state index in [4.69, 9.17) is 5.11 Å². The van der Waals surface area contributed by atoms with Crippen molar-refractivity contribution in [3.05, 3.63) is 56.2 Å². The van der Waals surface area contributed by atoms with Crippen molar-refractivity contribution < 1.29 is 13.5 Å². The Morgan fingerprint density at radius 1 is 1.10 bits per heavy atom. The second-order valence-corrected chi connectivity index (χ2v) is 10.0. The van der Waals surface area contributed by atoms with Crippen molar-refractivity contribution in [2.45, 2.75) is 50.7 Å². The molecule has 2 heterocycles. The van der Waals surface area contributed by atoms with Gasteiger partial charge < -0.3 is 9.67 Å². The minimum atomic E-state index is -3.83. The number of rotatable bonds is 7. The van der Waals surface area contributed by atoms with Crippen LogP contribution in [0.2, 0.25) is 0 Å². The fraction of sp³-hybridized carbons (Fsp3) is 0.450. The van der Waals surface area contributed by atoms with Crippen molar-refractivity contribution in [2.24, 2.45) is 7.05 Å². The van der Waals surface area contributed by atoms with Crippen molar-refractivity contribution in [3.8, 4) is 0 Å². The SMILES string of the molecule is Cc1ccc(Cn2c(S(=O)(=O)C(C)C)nc3c2c(=O)n(CCCO)c(=O)n3C)cc1. The van der Waals surface area contributed by atoms with Crippen molar-refractivity contribution in [2.75, 3.05) is 6.61 Å². The minimum Gasteiger partial charge on any atom is -0.396 e. The first-order valence-corrected chi connectivity index (χ1v) is 11.2. The lowest BCUT2D eigenvalue weighted by Crippen LogP contribution is -2.40. The molecule has 30 heavy (non-hydrogen) atoms. The third kappa shape index (κ3) is 3.72. The summed E-state index contributed by atoms with van der Waals surface area (Å²) in [5.41, 5.74) is 0.709. The van der Waals surface area contributed by atoms with Crippen LogP contribution in [-0.2, 0) is 30.0 Å². The summed E-state index contributed by atoms with van der Waals surface area (Å²) in [6.45, 7) is 5.00. The Labute approximate surface area is 174 Å². The largest absolute Gasteiger partial charge is 0.396 e. The topological polar surface area (TPSA) is 116 Å². The number of imidazole rings is 1. The highest BCUT2D eigenvalue weighted by molar-refractivity contribution is 7.91. The Kier molecular flexibility index (Phi) is 6.00.